The molecular formula is C27H26ClN5O3. The van der Waals surface area contributed by atoms with E-state index in [1.807, 2.05) is 52.8 Å². The first-order chi connectivity index (χ1) is 17.3. The molecule has 0 fully saturated rings. The lowest BCUT2D eigenvalue weighted by molar-refractivity contribution is 0.0980. The maximum absolute atomic E-state index is 13.6. The number of halogens is 1. The summed E-state index contributed by atoms with van der Waals surface area (Å²) in [7, 11) is 3.28. The Hall–Kier alpha value is -3.91. The number of ether oxygens (including phenoxy) is 1. The van der Waals surface area contributed by atoms with Crippen molar-refractivity contribution in [2.45, 2.75) is 26.4 Å². The lowest BCUT2D eigenvalue weighted by atomic mass is 9.94. The van der Waals surface area contributed by atoms with Gasteiger partial charge in [-0.2, -0.15) is 0 Å². The summed E-state index contributed by atoms with van der Waals surface area (Å²) in [4.78, 5) is 37.4. The number of anilines is 1. The van der Waals surface area contributed by atoms with E-state index in [-0.39, 0.29) is 23.9 Å². The summed E-state index contributed by atoms with van der Waals surface area (Å²) in [5, 5.41) is 0.624. The average molecular weight is 504 g/mol. The highest BCUT2D eigenvalue weighted by atomic mass is 35.5. The van der Waals surface area contributed by atoms with E-state index >= 15 is 0 Å². The Bertz CT molecular complexity index is 1480. The Labute approximate surface area is 213 Å². The summed E-state index contributed by atoms with van der Waals surface area (Å²) in [6, 6.07) is 12.7. The van der Waals surface area contributed by atoms with E-state index in [0.29, 0.717) is 40.2 Å². The van der Waals surface area contributed by atoms with Gasteiger partial charge in [-0.15, -0.1) is 0 Å². The monoisotopic (exact) mass is 503 g/mol. The Balaban J connectivity index is 1.74. The molecule has 1 aromatic carbocycles. The standard InChI is InChI=1S/C27H26ClN5O3/c1-5-32-25-21(34)15-33(20-12-16(2)27(35)31(3)14-20)24(17-6-9-19(28)10-7-17)23(25)30-26(32)18-8-11-22(36-4)29-13-18/h6-14,24H,5,15H2,1-4H3/t24-/m1/s1. The number of carbonyl (C=O) groups excluding carboxylic acids is 1. The van der Waals surface area contributed by atoms with Gasteiger partial charge in [-0.1, -0.05) is 23.7 Å². The zero-order chi connectivity index (χ0) is 25.6. The Morgan fingerprint density at radius 3 is 2.50 bits per heavy atom. The molecule has 4 heterocycles. The quantitative estimate of drug-likeness (QED) is 0.401. The van der Waals surface area contributed by atoms with Crippen LogP contribution in [0.1, 0.15) is 40.3 Å². The second-order valence-corrected chi connectivity index (χ2v) is 9.24. The third-order valence-corrected chi connectivity index (χ3v) is 6.78. The van der Waals surface area contributed by atoms with Crippen LogP contribution >= 0.6 is 11.6 Å². The summed E-state index contributed by atoms with van der Waals surface area (Å²) in [5.41, 5.74) is 4.28. The van der Waals surface area contributed by atoms with Crippen LogP contribution in [0.5, 0.6) is 5.88 Å². The van der Waals surface area contributed by atoms with E-state index in [2.05, 4.69) is 4.98 Å². The molecule has 0 saturated heterocycles. The minimum absolute atomic E-state index is 0.0382. The zero-order valence-corrected chi connectivity index (χ0v) is 21.3. The molecule has 0 bridgehead atoms. The summed E-state index contributed by atoms with van der Waals surface area (Å²) in [6.07, 6.45) is 3.47. The molecule has 3 aromatic heterocycles. The highest BCUT2D eigenvalue weighted by molar-refractivity contribution is 6.30. The SMILES string of the molecule is CCn1c(-c2ccc(OC)nc2)nc2c1C(=O)CN(c1cc(C)c(=O)n(C)c1)[C@@H]2c1ccc(Cl)cc1. The van der Waals surface area contributed by atoms with Crippen molar-refractivity contribution in [3.8, 4) is 17.3 Å². The van der Waals surface area contributed by atoms with Crippen LogP contribution in [-0.4, -0.2) is 38.5 Å². The normalized spacial score (nSPS) is 15.2. The number of nitrogens with zero attached hydrogens (tertiary/aromatic N) is 5. The number of benzene rings is 1. The minimum atomic E-state index is -0.357. The van der Waals surface area contributed by atoms with Crippen LogP contribution in [0.3, 0.4) is 0 Å². The van der Waals surface area contributed by atoms with Crippen molar-refractivity contribution in [2.75, 3.05) is 18.6 Å². The van der Waals surface area contributed by atoms with E-state index < -0.39 is 0 Å². The fourth-order valence-electron chi connectivity index (χ4n) is 4.82. The highest BCUT2D eigenvalue weighted by Crippen LogP contribution is 2.40. The van der Waals surface area contributed by atoms with Gasteiger partial charge >= 0.3 is 0 Å². The molecule has 1 aliphatic heterocycles. The Morgan fingerprint density at radius 1 is 1.14 bits per heavy atom. The summed E-state index contributed by atoms with van der Waals surface area (Å²) < 4.78 is 8.70. The molecule has 9 heteroatoms. The topological polar surface area (TPSA) is 82.2 Å². The number of ketones is 1. The van der Waals surface area contributed by atoms with Crippen LogP contribution < -0.4 is 15.2 Å². The molecule has 0 amide bonds. The van der Waals surface area contributed by atoms with Gasteiger partial charge in [-0.05, 0) is 43.7 Å². The van der Waals surface area contributed by atoms with Crippen molar-refractivity contribution in [3.05, 3.63) is 92.7 Å². The molecule has 8 nitrogen and oxygen atoms in total. The van der Waals surface area contributed by atoms with Crippen LogP contribution in [0.25, 0.3) is 11.4 Å². The van der Waals surface area contributed by atoms with Crippen LogP contribution in [-0.2, 0) is 13.6 Å². The first-order valence-electron chi connectivity index (χ1n) is 11.7. The summed E-state index contributed by atoms with van der Waals surface area (Å²) >= 11 is 6.20. The molecule has 0 aliphatic carbocycles. The van der Waals surface area contributed by atoms with Crippen molar-refractivity contribution in [2.24, 2.45) is 7.05 Å². The van der Waals surface area contributed by atoms with Gasteiger partial charge in [0.05, 0.1) is 31.1 Å². The lowest BCUT2D eigenvalue weighted by Gasteiger charge is -2.36. The fourth-order valence-corrected chi connectivity index (χ4v) is 4.95. The Morgan fingerprint density at radius 2 is 1.89 bits per heavy atom. The molecule has 5 rings (SSSR count). The number of fused-ring (bicyclic) bond motifs is 1. The van der Waals surface area contributed by atoms with Crippen LogP contribution in [0.15, 0.2) is 59.7 Å². The third kappa shape index (κ3) is 3.97. The van der Waals surface area contributed by atoms with Crippen molar-refractivity contribution in [3.63, 3.8) is 0 Å². The average Bonchev–Trinajstić information content (AvgIpc) is 3.28. The van der Waals surface area contributed by atoms with Gasteiger partial charge in [0.25, 0.3) is 5.56 Å². The van der Waals surface area contributed by atoms with Gasteiger partial charge in [0, 0.05) is 48.2 Å². The molecule has 0 spiro atoms. The van der Waals surface area contributed by atoms with Gasteiger partial charge in [-0.25, -0.2) is 9.97 Å². The van der Waals surface area contributed by atoms with E-state index in [9.17, 15) is 9.59 Å². The number of rotatable bonds is 5. The maximum atomic E-state index is 13.6. The van der Waals surface area contributed by atoms with Crippen molar-refractivity contribution >= 4 is 23.1 Å². The molecule has 4 aromatic rings. The molecule has 36 heavy (non-hydrogen) atoms. The summed E-state index contributed by atoms with van der Waals surface area (Å²) in [5.74, 6) is 1.14. The molecule has 0 radical (unpaired) electrons. The lowest BCUT2D eigenvalue weighted by Crippen LogP contribution is -2.41. The molecule has 1 aliphatic rings. The predicted molar refractivity (Wildman–Crippen MR) is 139 cm³/mol. The number of hydrogen-bond donors (Lipinski definition) is 0. The van der Waals surface area contributed by atoms with E-state index in [4.69, 9.17) is 21.3 Å². The third-order valence-electron chi connectivity index (χ3n) is 6.53. The molecule has 184 valence electrons. The van der Waals surface area contributed by atoms with E-state index in [1.165, 1.54) is 0 Å². The van der Waals surface area contributed by atoms with Crippen molar-refractivity contribution in [1.29, 1.82) is 0 Å². The number of carbonyl (C=O) groups is 1. The van der Waals surface area contributed by atoms with Gasteiger partial charge in [0.1, 0.15) is 11.5 Å². The first-order valence-corrected chi connectivity index (χ1v) is 12.0. The molecule has 0 N–H and O–H groups in total. The predicted octanol–water partition coefficient (Wildman–Crippen LogP) is 4.43. The largest absolute Gasteiger partial charge is 0.481 e. The highest BCUT2D eigenvalue weighted by Gasteiger charge is 2.39. The second-order valence-electron chi connectivity index (χ2n) is 8.81. The van der Waals surface area contributed by atoms with Crippen LogP contribution in [0, 0.1) is 6.92 Å². The second kappa shape index (κ2) is 9.28. The fraction of sp³-hybridized carbons (Fsp3) is 0.259. The van der Waals surface area contributed by atoms with Gasteiger partial charge in [-0.3, -0.25) is 9.59 Å². The van der Waals surface area contributed by atoms with Gasteiger partial charge in [0.2, 0.25) is 5.88 Å². The number of aromatic nitrogens is 4. The smallest absolute Gasteiger partial charge is 0.253 e. The van der Waals surface area contributed by atoms with Crippen LogP contribution in [0.2, 0.25) is 5.02 Å². The van der Waals surface area contributed by atoms with Crippen molar-refractivity contribution in [1.82, 2.24) is 19.1 Å². The number of aryl methyl sites for hydroxylation is 2. The summed E-state index contributed by atoms with van der Waals surface area (Å²) in [6.45, 7) is 4.49. The number of methoxy groups -OCH3 is 1. The first kappa shape index (κ1) is 23.8. The van der Waals surface area contributed by atoms with Gasteiger partial charge in [0.15, 0.2) is 5.78 Å². The number of hydrogen-bond acceptors (Lipinski definition) is 6. The van der Waals surface area contributed by atoms with Crippen LogP contribution in [0.4, 0.5) is 5.69 Å². The van der Waals surface area contributed by atoms with E-state index in [0.717, 1.165) is 16.8 Å². The number of pyridine rings is 2. The molecule has 0 unspecified atom stereocenters. The minimum Gasteiger partial charge on any atom is -0.481 e. The zero-order valence-electron chi connectivity index (χ0n) is 20.5. The Kier molecular flexibility index (Phi) is 6.14. The molecule has 1 atom stereocenters. The van der Waals surface area contributed by atoms with Gasteiger partial charge < -0.3 is 18.8 Å². The molecular weight excluding hydrogens is 478 g/mol. The number of Topliss-reactive ketones (excluding diaryl/α,β-unsaturated/α-hetero) is 1. The maximum Gasteiger partial charge on any atom is 0.253 e. The number of imidazole rings is 1. The van der Waals surface area contributed by atoms with Crippen molar-refractivity contribution < 1.29 is 9.53 Å². The molecule has 0 saturated carbocycles. The van der Waals surface area contributed by atoms with E-state index in [1.54, 1.807) is 44.1 Å².